The van der Waals surface area contributed by atoms with Crippen LogP contribution in [0.2, 0.25) is 0 Å². The Morgan fingerprint density at radius 3 is 2.81 bits per heavy atom. The molecule has 1 aliphatic heterocycles. The van der Waals surface area contributed by atoms with Gasteiger partial charge < -0.3 is 10.2 Å². The van der Waals surface area contributed by atoms with Crippen LogP contribution in [0.3, 0.4) is 0 Å². The van der Waals surface area contributed by atoms with Crippen molar-refractivity contribution in [3.63, 3.8) is 0 Å². The summed E-state index contributed by atoms with van der Waals surface area (Å²) in [4.78, 5) is 18.5. The predicted octanol–water partition coefficient (Wildman–Crippen LogP) is 3.78. The molecule has 4 nitrogen and oxygen atoms in total. The molecule has 0 bridgehead atoms. The second-order valence-corrected chi connectivity index (χ2v) is 6.49. The molecule has 0 spiro atoms. The Bertz CT molecular complexity index is 712. The normalized spacial score (nSPS) is 18.0. The molecule has 1 amide bonds. The van der Waals surface area contributed by atoms with Crippen molar-refractivity contribution in [3.8, 4) is 0 Å². The van der Waals surface area contributed by atoms with Crippen LogP contribution in [-0.2, 0) is 11.2 Å². The standard InChI is InChI=1S/C20H24FN3OS/c1-3-16(14-22-4-2)18-7-5-6-12-24(18)20(26)23-19(25)13-15-8-10-17(21)11-9-15/h3-4,8-11,14,18H,1,5-7,12-13H2,2H3,(H,23,25,26)/b16-14+,22-4-. The number of carbonyl (C=O) groups excluding carboxylic acids is 1. The SMILES string of the molecule is C=C/C(=C\N=C/C)C1CCCCN1C(=S)NC(=O)Cc1ccc(F)cc1. The molecule has 0 saturated carbocycles. The van der Waals surface area contributed by atoms with E-state index in [1.165, 1.54) is 12.1 Å². The Labute approximate surface area is 159 Å². The van der Waals surface area contributed by atoms with Crippen molar-refractivity contribution in [2.45, 2.75) is 38.6 Å². The van der Waals surface area contributed by atoms with Crippen LogP contribution in [0.25, 0.3) is 0 Å². The average Bonchev–Trinajstić information content (AvgIpc) is 2.64. The molecule has 1 aromatic carbocycles. The first-order chi connectivity index (χ1) is 12.5. The molecule has 1 aromatic rings. The molecule has 0 radical (unpaired) electrons. The van der Waals surface area contributed by atoms with E-state index in [1.54, 1.807) is 30.6 Å². The highest BCUT2D eigenvalue weighted by atomic mass is 32.1. The Hall–Kier alpha value is -2.34. The van der Waals surface area contributed by atoms with Crippen molar-refractivity contribution >= 4 is 29.5 Å². The molecule has 138 valence electrons. The topological polar surface area (TPSA) is 44.7 Å². The van der Waals surface area contributed by atoms with Crippen LogP contribution < -0.4 is 5.32 Å². The Morgan fingerprint density at radius 2 is 2.15 bits per heavy atom. The zero-order chi connectivity index (χ0) is 18.9. The first kappa shape index (κ1) is 20.0. The lowest BCUT2D eigenvalue weighted by Gasteiger charge is -2.38. The number of piperidine rings is 1. The number of amides is 1. The van der Waals surface area contributed by atoms with E-state index in [0.717, 1.165) is 36.9 Å². The number of benzene rings is 1. The quantitative estimate of drug-likeness (QED) is 0.485. The van der Waals surface area contributed by atoms with Gasteiger partial charge in [0.05, 0.1) is 12.5 Å². The lowest BCUT2D eigenvalue weighted by molar-refractivity contribution is -0.119. The molecule has 1 N–H and O–H groups in total. The van der Waals surface area contributed by atoms with Gasteiger partial charge in [0.2, 0.25) is 5.91 Å². The molecule has 2 rings (SSSR count). The number of nitrogens with zero attached hydrogens (tertiary/aromatic N) is 2. The third-order valence-corrected chi connectivity index (χ3v) is 4.62. The third kappa shape index (κ3) is 5.59. The van der Waals surface area contributed by atoms with Gasteiger partial charge in [0.1, 0.15) is 5.82 Å². The van der Waals surface area contributed by atoms with Gasteiger partial charge in [-0.25, -0.2) is 4.39 Å². The van der Waals surface area contributed by atoms with E-state index in [0.29, 0.717) is 5.11 Å². The van der Waals surface area contributed by atoms with Gasteiger partial charge in [-0.15, -0.1) is 0 Å². The monoisotopic (exact) mass is 373 g/mol. The van der Waals surface area contributed by atoms with Crippen LogP contribution in [-0.4, -0.2) is 34.7 Å². The number of hydrogen-bond donors (Lipinski definition) is 1. The molecule has 1 atom stereocenters. The van der Waals surface area contributed by atoms with Crippen molar-refractivity contribution < 1.29 is 9.18 Å². The summed E-state index contributed by atoms with van der Waals surface area (Å²) >= 11 is 5.48. The van der Waals surface area contributed by atoms with Crippen molar-refractivity contribution in [1.29, 1.82) is 0 Å². The van der Waals surface area contributed by atoms with Crippen LogP contribution in [0.15, 0.2) is 53.7 Å². The number of thiocarbonyl (C=S) groups is 1. The van der Waals surface area contributed by atoms with E-state index in [1.807, 2.05) is 11.8 Å². The Balaban J connectivity index is 2.04. The maximum atomic E-state index is 13.0. The Kier molecular flexibility index (Phi) is 7.66. The van der Waals surface area contributed by atoms with E-state index < -0.39 is 0 Å². The van der Waals surface area contributed by atoms with Gasteiger partial charge in [0.25, 0.3) is 0 Å². The molecular formula is C20H24FN3OS. The first-order valence-corrected chi connectivity index (χ1v) is 9.11. The van der Waals surface area contributed by atoms with Crippen molar-refractivity contribution in [2.24, 2.45) is 4.99 Å². The maximum absolute atomic E-state index is 13.0. The van der Waals surface area contributed by atoms with Crippen LogP contribution in [0.1, 0.15) is 31.7 Å². The largest absolute Gasteiger partial charge is 0.342 e. The van der Waals surface area contributed by atoms with Gasteiger partial charge in [-0.1, -0.05) is 24.8 Å². The second kappa shape index (κ2) is 9.97. The number of carbonyl (C=O) groups is 1. The highest BCUT2D eigenvalue weighted by molar-refractivity contribution is 7.80. The van der Waals surface area contributed by atoms with Crippen molar-refractivity contribution in [2.75, 3.05) is 6.54 Å². The van der Waals surface area contributed by atoms with Gasteiger partial charge in [0.15, 0.2) is 5.11 Å². The molecule has 0 aromatic heterocycles. The van der Waals surface area contributed by atoms with Crippen LogP contribution in [0, 0.1) is 5.82 Å². The van der Waals surface area contributed by atoms with Gasteiger partial charge in [-0.3, -0.25) is 9.79 Å². The van der Waals surface area contributed by atoms with E-state index in [9.17, 15) is 9.18 Å². The molecule has 1 heterocycles. The molecular weight excluding hydrogens is 349 g/mol. The molecule has 1 saturated heterocycles. The number of hydrogen-bond acceptors (Lipinski definition) is 3. The van der Waals surface area contributed by atoms with Gasteiger partial charge in [-0.2, -0.15) is 0 Å². The first-order valence-electron chi connectivity index (χ1n) is 8.70. The summed E-state index contributed by atoms with van der Waals surface area (Å²) in [5.41, 5.74) is 1.73. The van der Waals surface area contributed by atoms with Gasteiger partial charge in [0, 0.05) is 19.0 Å². The Morgan fingerprint density at radius 1 is 1.42 bits per heavy atom. The summed E-state index contributed by atoms with van der Waals surface area (Å²) in [7, 11) is 0. The average molecular weight is 373 g/mol. The maximum Gasteiger partial charge on any atom is 0.230 e. The summed E-state index contributed by atoms with van der Waals surface area (Å²) in [6, 6.07) is 5.95. The predicted molar refractivity (Wildman–Crippen MR) is 108 cm³/mol. The van der Waals surface area contributed by atoms with Crippen molar-refractivity contribution in [1.82, 2.24) is 10.2 Å². The van der Waals surface area contributed by atoms with Crippen LogP contribution in [0.4, 0.5) is 4.39 Å². The summed E-state index contributed by atoms with van der Waals surface area (Å²) in [5, 5.41) is 3.21. The zero-order valence-corrected chi connectivity index (χ0v) is 15.8. The third-order valence-electron chi connectivity index (χ3n) is 4.28. The van der Waals surface area contributed by atoms with Crippen molar-refractivity contribution in [3.05, 3.63) is 60.1 Å². The van der Waals surface area contributed by atoms with E-state index in [4.69, 9.17) is 12.2 Å². The van der Waals surface area contributed by atoms with E-state index in [2.05, 4.69) is 16.9 Å². The van der Waals surface area contributed by atoms with E-state index >= 15 is 0 Å². The number of aliphatic imine (C=N–C) groups is 1. The van der Waals surface area contributed by atoms with E-state index in [-0.39, 0.29) is 24.2 Å². The number of nitrogens with one attached hydrogen (secondary N) is 1. The second-order valence-electron chi connectivity index (χ2n) is 6.10. The zero-order valence-electron chi connectivity index (χ0n) is 15.0. The van der Waals surface area contributed by atoms with Gasteiger partial charge >= 0.3 is 0 Å². The summed E-state index contributed by atoms with van der Waals surface area (Å²) < 4.78 is 13.0. The number of halogens is 1. The fraction of sp³-hybridized carbons (Fsp3) is 0.350. The molecule has 6 heteroatoms. The minimum Gasteiger partial charge on any atom is -0.342 e. The highest BCUT2D eigenvalue weighted by Crippen LogP contribution is 2.24. The molecule has 1 unspecified atom stereocenters. The van der Waals surface area contributed by atoms with Gasteiger partial charge in [-0.05, 0) is 61.7 Å². The fourth-order valence-electron chi connectivity index (χ4n) is 2.98. The summed E-state index contributed by atoms with van der Waals surface area (Å²) in [6.07, 6.45) is 8.51. The number of rotatable bonds is 5. The van der Waals surface area contributed by atoms with Crippen LogP contribution >= 0.6 is 12.2 Å². The molecule has 0 aliphatic carbocycles. The lowest BCUT2D eigenvalue weighted by Crippen LogP contribution is -2.50. The summed E-state index contributed by atoms with van der Waals surface area (Å²) in [5.74, 6) is -0.527. The molecule has 1 aliphatic rings. The molecule has 26 heavy (non-hydrogen) atoms. The minimum absolute atomic E-state index is 0.0589. The molecule has 1 fully saturated rings. The van der Waals surface area contributed by atoms with Crippen LogP contribution in [0.5, 0.6) is 0 Å². The lowest BCUT2D eigenvalue weighted by atomic mass is 9.96. The minimum atomic E-state index is -0.320. The highest BCUT2D eigenvalue weighted by Gasteiger charge is 2.27. The fourth-order valence-corrected chi connectivity index (χ4v) is 3.31. The number of likely N-dealkylation sites (tertiary alicyclic amines) is 1. The smallest absolute Gasteiger partial charge is 0.230 e. The summed E-state index contributed by atoms with van der Waals surface area (Å²) in [6.45, 7) is 6.51.